The zero-order chi connectivity index (χ0) is 14.8. The second kappa shape index (κ2) is 5.90. The largest absolute Gasteiger partial charge is 0.480 e. The first kappa shape index (κ1) is 14.1. The molecule has 1 atom stereocenters. The summed E-state index contributed by atoms with van der Waals surface area (Å²) in [7, 11) is 0. The van der Waals surface area contributed by atoms with Crippen LogP contribution in [-0.2, 0) is 11.2 Å². The first-order chi connectivity index (χ1) is 10.2. The lowest BCUT2D eigenvalue weighted by atomic mass is 10.2. The van der Waals surface area contributed by atoms with Crippen LogP contribution in [0.5, 0.6) is 5.75 Å². The van der Waals surface area contributed by atoms with Crippen LogP contribution in [0.3, 0.4) is 0 Å². The van der Waals surface area contributed by atoms with Gasteiger partial charge in [-0.25, -0.2) is 0 Å². The van der Waals surface area contributed by atoms with Gasteiger partial charge in [-0.3, -0.25) is 4.79 Å². The van der Waals surface area contributed by atoms with Gasteiger partial charge in [-0.1, -0.05) is 30.3 Å². The fourth-order valence-corrected chi connectivity index (χ4v) is 2.95. The Hall–Kier alpha value is -1.81. The molecule has 1 aliphatic heterocycles. The molecule has 0 aliphatic carbocycles. The third-order valence-corrected chi connectivity index (χ3v) is 4.30. The highest BCUT2D eigenvalue weighted by Crippen LogP contribution is 2.29. The van der Waals surface area contributed by atoms with Crippen molar-refractivity contribution >= 4 is 27.5 Å². The molecule has 3 rings (SSSR count). The average Bonchev–Trinajstić information content (AvgIpc) is 2.92. The van der Waals surface area contributed by atoms with Gasteiger partial charge in [0.2, 0.25) is 0 Å². The summed E-state index contributed by atoms with van der Waals surface area (Å²) in [6.07, 6.45) is 0.388. The first-order valence-corrected chi connectivity index (χ1v) is 7.76. The van der Waals surface area contributed by atoms with E-state index in [9.17, 15) is 4.79 Å². The Labute approximate surface area is 132 Å². The normalized spacial score (nSPS) is 14.7. The molecule has 4 heteroatoms. The fourth-order valence-electron chi connectivity index (χ4n) is 2.57. The molecule has 2 aromatic carbocycles. The van der Waals surface area contributed by atoms with Gasteiger partial charge in [-0.15, -0.1) is 0 Å². The molecule has 108 valence electrons. The zero-order valence-electron chi connectivity index (χ0n) is 11.8. The van der Waals surface area contributed by atoms with Gasteiger partial charge in [0.1, 0.15) is 5.75 Å². The summed E-state index contributed by atoms with van der Waals surface area (Å²) in [5.74, 6) is 0.682. The second-order valence-electron chi connectivity index (χ2n) is 5.06. The Morgan fingerprint density at radius 1 is 1.19 bits per heavy atom. The van der Waals surface area contributed by atoms with Crippen LogP contribution in [0.15, 0.2) is 53.0 Å². The van der Waals surface area contributed by atoms with E-state index in [-0.39, 0.29) is 5.91 Å². The minimum absolute atomic E-state index is 0.00398. The highest BCUT2D eigenvalue weighted by Gasteiger charge is 2.28. The Bertz CT molecular complexity index is 671. The molecule has 0 saturated heterocycles. The third-order valence-electron chi connectivity index (χ3n) is 3.64. The molecule has 21 heavy (non-hydrogen) atoms. The van der Waals surface area contributed by atoms with Crippen molar-refractivity contribution in [2.75, 3.05) is 11.4 Å². The van der Waals surface area contributed by atoms with Crippen molar-refractivity contribution in [1.82, 2.24) is 0 Å². The molecule has 0 N–H and O–H groups in total. The van der Waals surface area contributed by atoms with Crippen LogP contribution < -0.4 is 9.64 Å². The highest BCUT2D eigenvalue weighted by molar-refractivity contribution is 9.10. The van der Waals surface area contributed by atoms with Crippen molar-refractivity contribution in [3.8, 4) is 5.75 Å². The number of ether oxygens (including phenoxy) is 1. The Morgan fingerprint density at radius 3 is 2.71 bits per heavy atom. The Balaban J connectivity index is 1.76. The summed E-state index contributed by atoms with van der Waals surface area (Å²) in [5.41, 5.74) is 2.23. The van der Waals surface area contributed by atoms with E-state index in [1.807, 2.05) is 47.4 Å². The lowest BCUT2D eigenvalue weighted by Crippen LogP contribution is -2.39. The summed E-state index contributed by atoms with van der Waals surface area (Å²) < 4.78 is 6.65. The molecule has 2 aromatic rings. The van der Waals surface area contributed by atoms with Crippen LogP contribution in [0.4, 0.5) is 5.69 Å². The van der Waals surface area contributed by atoms with E-state index in [1.54, 1.807) is 6.92 Å². The number of rotatable bonds is 3. The molecule has 0 spiro atoms. The van der Waals surface area contributed by atoms with E-state index in [2.05, 4.69) is 22.0 Å². The number of hydrogen-bond acceptors (Lipinski definition) is 2. The maximum Gasteiger partial charge on any atom is 0.267 e. The fraction of sp³-hybridized carbons (Fsp3) is 0.235. The zero-order valence-corrected chi connectivity index (χ0v) is 13.3. The van der Waals surface area contributed by atoms with Crippen LogP contribution in [0.25, 0.3) is 0 Å². The predicted octanol–water partition coefficient (Wildman–Crippen LogP) is 3.81. The summed E-state index contributed by atoms with van der Waals surface area (Å²) in [6.45, 7) is 2.52. The van der Waals surface area contributed by atoms with Crippen LogP contribution >= 0.6 is 15.9 Å². The van der Waals surface area contributed by atoms with E-state index in [0.717, 1.165) is 23.1 Å². The first-order valence-electron chi connectivity index (χ1n) is 6.97. The van der Waals surface area contributed by atoms with Gasteiger partial charge in [0.15, 0.2) is 6.10 Å². The van der Waals surface area contributed by atoms with Crippen LogP contribution in [0.1, 0.15) is 12.5 Å². The number of nitrogens with zero attached hydrogens (tertiary/aromatic N) is 1. The molecule has 3 nitrogen and oxygen atoms in total. The quantitative estimate of drug-likeness (QED) is 0.846. The highest BCUT2D eigenvalue weighted by atomic mass is 79.9. The standard InChI is InChI=1S/C17H16BrNO2/c1-12(21-16-9-5-3-7-14(16)18)17(20)19-11-10-13-6-2-4-8-15(13)19/h2-9,12H,10-11H2,1H3/t12-/m0/s1. The minimum Gasteiger partial charge on any atom is -0.480 e. The van der Waals surface area contributed by atoms with Gasteiger partial charge in [-0.2, -0.15) is 0 Å². The van der Waals surface area contributed by atoms with Crippen molar-refractivity contribution < 1.29 is 9.53 Å². The minimum atomic E-state index is -0.519. The number of amides is 1. The van der Waals surface area contributed by atoms with Crippen molar-refractivity contribution in [2.24, 2.45) is 0 Å². The molecule has 0 saturated carbocycles. The van der Waals surface area contributed by atoms with Crippen molar-refractivity contribution in [3.63, 3.8) is 0 Å². The third kappa shape index (κ3) is 2.81. The lowest BCUT2D eigenvalue weighted by molar-refractivity contribution is -0.124. The van der Waals surface area contributed by atoms with Gasteiger partial charge in [0.25, 0.3) is 5.91 Å². The van der Waals surface area contributed by atoms with E-state index in [1.165, 1.54) is 5.56 Å². The Morgan fingerprint density at radius 2 is 1.90 bits per heavy atom. The van der Waals surface area contributed by atoms with Crippen molar-refractivity contribution in [1.29, 1.82) is 0 Å². The number of benzene rings is 2. The summed E-state index contributed by atoms with van der Waals surface area (Å²) in [4.78, 5) is 14.4. The number of anilines is 1. The van der Waals surface area contributed by atoms with Gasteiger partial charge < -0.3 is 9.64 Å². The van der Waals surface area contributed by atoms with E-state index in [0.29, 0.717) is 5.75 Å². The Kier molecular flexibility index (Phi) is 3.97. The second-order valence-corrected chi connectivity index (χ2v) is 5.91. The SMILES string of the molecule is C[C@H](Oc1ccccc1Br)C(=O)N1CCc2ccccc21. The number of hydrogen-bond donors (Lipinski definition) is 0. The van der Waals surface area contributed by atoms with Crippen molar-refractivity contribution in [2.45, 2.75) is 19.4 Å². The van der Waals surface area contributed by atoms with E-state index in [4.69, 9.17) is 4.74 Å². The van der Waals surface area contributed by atoms with Crippen LogP contribution in [0, 0.1) is 0 Å². The van der Waals surface area contributed by atoms with Crippen LogP contribution in [0.2, 0.25) is 0 Å². The number of carbonyl (C=O) groups excluding carboxylic acids is 1. The molecule has 1 amide bonds. The summed E-state index contributed by atoms with van der Waals surface area (Å²) in [5, 5.41) is 0. The number of para-hydroxylation sites is 2. The van der Waals surface area contributed by atoms with Crippen molar-refractivity contribution in [3.05, 3.63) is 58.6 Å². The number of fused-ring (bicyclic) bond motifs is 1. The summed E-state index contributed by atoms with van der Waals surface area (Å²) in [6, 6.07) is 15.6. The van der Waals surface area contributed by atoms with Gasteiger partial charge in [0, 0.05) is 12.2 Å². The lowest BCUT2D eigenvalue weighted by Gasteiger charge is -2.22. The maximum absolute atomic E-state index is 12.6. The monoisotopic (exact) mass is 345 g/mol. The number of carbonyl (C=O) groups is 1. The smallest absolute Gasteiger partial charge is 0.267 e. The average molecular weight is 346 g/mol. The van der Waals surface area contributed by atoms with E-state index >= 15 is 0 Å². The maximum atomic E-state index is 12.6. The number of halogens is 1. The molecule has 1 aliphatic rings. The van der Waals surface area contributed by atoms with Gasteiger partial charge in [-0.05, 0) is 53.0 Å². The van der Waals surface area contributed by atoms with E-state index < -0.39 is 6.10 Å². The molecule has 0 bridgehead atoms. The molecule has 1 heterocycles. The van der Waals surface area contributed by atoms with Gasteiger partial charge >= 0.3 is 0 Å². The molecular weight excluding hydrogens is 330 g/mol. The molecule has 0 aromatic heterocycles. The van der Waals surface area contributed by atoms with Crippen LogP contribution in [-0.4, -0.2) is 18.6 Å². The van der Waals surface area contributed by atoms with Gasteiger partial charge in [0.05, 0.1) is 4.47 Å². The summed E-state index contributed by atoms with van der Waals surface area (Å²) >= 11 is 3.43. The topological polar surface area (TPSA) is 29.5 Å². The molecule has 0 unspecified atom stereocenters. The molecule has 0 radical (unpaired) electrons. The molecular formula is C17H16BrNO2. The molecule has 0 fully saturated rings. The predicted molar refractivity (Wildman–Crippen MR) is 86.7 cm³/mol.